The number of rotatable bonds is 2. The number of carbonyl (C=O) groups excluding carboxylic acids is 1. The van der Waals surface area contributed by atoms with Gasteiger partial charge in [0.15, 0.2) is 0 Å². The molecule has 1 N–H and O–H groups in total. The summed E-state index contributed by atoms with van der Waals surface area (Å²) in [5, 5.41) is 2.84. The summed E-state index contributed by atoms with van der Waals surface area (Å²) in [6.07, 6.45) is 0. The predicted molar refractivity (Wildman–Crippen MR) is 80.8 cm³/mol. The van der Waals surface area contributed by atoms with Crippen LogP contribution in [0.2, 0.25) is 0 Å². The number of pyridine rings is 1. The zero-order valence-corrected chi connectivity index (χ0v) is 12.4. The highest BCUT2D eigenvalue weighted by Gasteiger charge is 2.08. The van der Waals surface area contributed by atoms with Crippen LogP contribution in [0.1, 0.15) is 21.7 Å². The van der Waals surface area contributed by atoms with Gasteiger partial charge < -0.3 is 5.32 Å². The minimum atomic E-state index is -0.178. The van der Waals surface area contributed by atoms with Gasteiger partial charge in [0.1, 0.15) is 5.69 Å². The number of nitrogens with zero attached hydrogens (tertiary/aromatic N) is 1. The fraction of sp³-hybridized carbons (Fsp3) is 0.143. The summed E-state index contributed by atoms with van der Waals surface area (Å²) in [6, 6.07) is 11.4. The molecule has 0 bridgehead atoms. The van der Waals surface area contributed by atoms with Crippen LogP contribution in [0, 0.1) is 17.4 Å². The Labute approximate surface area is 120 Å². The van der Waals surface area contributed by atoms with Crippen molar-refractivity contribution < 1.29 is 4.79 Å². The molecule has 92 valence electrons. The summed E-state index contributed by atoms with van der Waals surface area (Å²) in [4.78, 5) is 16.3. The normalized spacial score (nSPS) is 10.2. The Bertz CT molecular complexity index is 559. The Hall–Kier alpha value is -1.43. The second kappa shape index (κ2) is 5.48. The first kappa shape index (κ1) is 13.0. The fourth-order valence-electron chi connectivity index (χ4n) is 1.69. The summed E-state index contributed by atoms with van der Waals surface area (Å²) in [7, 11) is 0. The summed E-state index contributed by atoms with van der Waals surface area (Å²) in [6.45, 7) is 3.84. The van der Waals surface area contributed by atoms with Gasteiger partial charge in [0, 0.05) is 15.0 Å². The highest BCUT2D eigenvalue weighted by atomic mass is 127. The largest absolute Gasteiger partial charge is 0.321 e. The Balaban J connectivity index is 2.19. The van der Waals surface area contributed by atoms with Crippen molar-refractivity contribution in [2.45, 2.75) is 13.8 Å². The van der Waals surface area contributed by atoms with Crippen LogP contribution in [0.4, 0.5) is 5.69 Å². The summed E-state index contributed by atoms with van der Waals surface area (Å²) in [5.74, 6) is -0.178. The molecule has 3 nitrogen and oxygen atoms in total. The van der Waals surface area contributed by atoms with Crippen molar-refractivity contribution in [1.29, 1.82) is 0 Å². The van der Waals surface area contributed by atoms with Crippen molar-refractivity contribution in [3.63, 3.8) is 0 Å². The van der Waals surface area contributed by atoms with Crippen molar-refractivity contribution in [2.24, 2.45) is 0 Å². The number of aromatic nitrogens is 1. The van der Waals surface area contributed by atoms with Crippen LogP contribution in [0.5, 0.6) is 0 Å². The van der Waals surface area contributed by atoms with E-state index in [2.05, 4.69) is 32.9 Å². The first-order valence-corrected chi connectivity index (χ1v) is 6.65. The van der Waals surface area contributed by atoms with E-state index in [0.717, 1.165) is 20.5 Å². The number of hydrogen-bond donors (Lipinski definition) is 1. The first-order chi connectivity index (χ1) is 8.54. The van der Waals surface area contributed by atoms with Gasteiger partial charge in [-0.25, -0.2) is 4.98 Å². The van der Waals surface area contributed by atoms with Gasteiger partial charge in [0.2, 0.25) is 0 Å². The lowest BCUT2D eigenvalue weighted by atomic mass is 10.2. The van der Waals surface area contributed by atoms with Gasteiger partial charge in [-0.1, -0.05) is 0 Å². The molecule has 0 fully saturated rings. The molecule has 1 heterocycles. The zero-order chi connectivity index (χ0) is 13.1. The van der Waals surface area contributed by atoms with Crippen LogP contribution in [0.25, 0.3) is 0 Å². The van der Waals surface area contributed by atoms with Crippen LogP contribution in [0.3, 0.4) is 0 Å². The van der Waals surface area contributed by atoms with Gasteiger partial charge in [-0.05, 0) is 78.4 Å². The van der Waals surface area contributed by atoms with Crippen molar-refractivity contribution in [2.75, 3.05) is 5.32 Å². The standard InChI is InChI=1S/C14H13IN2O/c1-9-7-10(2)16-13(8-9)14(18)17-12-5-3-11(15)4-6-12/h3-8H,1-2H3,(H,17,18). The molecule has 0 spiro atoms. The second-order valence-electron chi connectivity index (χ2n) is 4.13. The minimum Gasteiger partial charge on any atom is -0.321 e. The summed E-state index contributed by atoms with van der Waals surface area (Å²) in [5.41, 5.74) is 3.12. The molecule has 0 radical (unpaired) electrons. The maximum Gasteiger partial charge on any atom is 0.274 e. The topological polar surface area (TPSA) is 42.0 Å². The molecule has 1 aromatic heterocycles. The summed E-state index contributed by atoms with van der Waals surface area (Å²) >= 11 is 2.23. The van der Waals surface area contributed by atoms with E-state index in [1.165, 1.54) is 0 Å². The molecule has 2 aromatic rings. The van der Waals surface area contributed by atoms with Crippen LogP contribution < -0.4 is 5.32 Å². The highest BCUT2D eigenvalue weighted by molar-refractivity contribution is 14.1. The maximum absolute atomic E-state index is 12.0. The van der Waals surface area contributed by atoms with Crippen molar-refractivity contribution in [1.82, 2.24) is 4.98 Å². The maximum atomic E-state index is 12.0. The van der Waals surface area contributed by atoms with Crippen molar-refractivity contribution in [3.8, 4) is 0 Å². The summed E-state index contributed by atoms with van der Waals surface area (Å²) < 4.78 is 1.13. The Morgan fingerprint density at radius 2 is 1.83 bits per heavy atom. The lowest BCUT2D eigenvalue weighted by molar-refractivity contribution is 0.102. The number of halogens is 1. The molecule has 0 aliphatic carbocycles. The Kier molecular flexibility index (Phi) is 3.96. The molecule has 1 amide bonds. The van der Waals surface area contributed by atoms with Crippen LogP contribution in [0.15, 0.2) is 36.4 Å². The van der Waals surface area contributed by atoms with E-state index in [9.17, 15) is 4.79 Å². The smallest absolute Gasteiger partial charge is 0.274 e. The van der Waals surface area contributed by atoms with E-state index in [4.69, 9.17) is 0 Å². The van der Waals surface area contributed by atoms with Crippen molar-refractivity contribution >= 4 is 34.2 Å². The predicted octanol–water partition coefficient (Wildman–Crippen LogP) is 3.56. The number of aryl methyl sites for hydroxylation is 2. The third-order valence-electron chi connectivity index (χ3n) is 2.43. The van der Waals surface area contributed by atoms with E-state index < -0.39 is 0 Å². The molecular weight excluding hydrogens is 339 g/mol. The molecule has 2 rings (SSSR count). The van der Waals surface area contributed by atoms with Crippen LogP contribution in [-0.4, -0.2) is 10.9 Å². The molecule has 0 unspecified atom stereocenters. The van der Waals surface area contributed by atoms with Crippen LogP contribution >= 0.6 is 22.6 Å². The lowest BCUT2D eigenvalue weighted by Gasteiger charge is -2.06. The molecule has 0 aliphatic rings. The van der Waals surface area contributed by atoms with Crippen LogP contribution in [-0.2, 0) is 0 Å². The number of carbonyl (C=O) groups is 1. The third-order valence-corrected chi connectivity index (χ3v) is 3.15. The molecule has 0 saturated heterocycles. The average Bonchev–Trinajstić information content (AvgIpc) is 2.31. The third kappa shape index (κ3) is 3.29. The molecule has 4 heteroatoms. The first-order valence-electron chi connectivity index (χ1n) is 5.57. The lowest BCUT2D eigenvalue weighted by Crippen LogP contribution is -2.14. The van der Waals surface area contributed by atoms with Gasteiger partial charge in [0.25, 0.3) is 5.91 Å². The van der Waals surface area contributed by atoms with Gasteiger partial charge in [-0.3, -0.25) is 4.79 Å². The average molecular weight is 352 g/mol. The van der Waals surface area contributed by atoms with E-state index >= 15 is 0 Å². The number of anilines is 1. The van der Waals surface area contributed by atoms with E-state index in [1.54, 1.807) is 6.07 Å². The van der Waals surface area contributed by atoms with E-state index in [0.29, 0.717) is 5.69 Å². The van der Waals surface area contributed by atoms with Gasteiger partial charge in [-0.15, -0.1) is 0 Å². The Morgan fingerprint density at radius 3 is 2.44 bits per heavy atom. The SMILES string of the molecule is Cc1cc(C)nc(C(=O)Nc2ccc(I)cc2)c1. The van der Waals surface area contributed by atoms with E-state index in [1.807, 2.05) is 44.2 Å². The monoisotopic (exact) mass is 352 g/mol. The van der Waals surface area contributed by atoms with Gasteiger partial charge in [0.05, 0.1) is 0 Å². The molecule has 0 saturated carbocycles. The number of benzene rings is 1. The number of nitrogens with one attached hydrogen (secondary N) is 1. The zero-order valence-electron chi connectivity index (χ0n) is 10.2. The number of hydrogen-bond acceptors (Lipinski definition) is 2. The van der Waals surface area contributed by atoms with Gasteiger partial charge >= 0.3 is 0 Å². The molecule has 18 heavy (non-hydrogen) atoms. The van der Waals surface area contributed by atoms with Crippen molar-refractivity contribution in [3.05, 3.63) is 56.9 Å². The molecule has 1 aromatic carbocycles. The Morgan fingerprint density at radius 1 is 1.17 bits per heavy atom. The molecular formula is C14H13IN2O. The quantitative estimate of drug-likeness (QED) is 0.840. The fourth-order valence-corrected chi connectivity index (χ4v) is 2.05. The highest BCUT2D eigenvalue weighted by Crippen LogP contribution is 2.13. The van der Waals surface area contributed by atoms with E-state index in [-0.39, 0.29) is 5.91 Å². The van der Waals surface area contributed by atoms with Gasteiger partial charge in [-0.2, -0.15) is 0 Å². The number of amides is 1. The second-order valence-corrected chi connectivity index (χ2v) is 5.38. The minimum absolute atomic E-state index is 0.178. The molecule has 0 aliphatic heterocycles. The molecule has 0 atom stereocenters.